The van der Waals surface area contributed by atoms with Gasteiger partial charge in [-0.05, 0) is 19.1 Å². The number of nitrogens with zero attached hydrogens (tertiary/aromatic N) is 2. The normalized spacial score (nSPS) is 10.5. The summed E-state index contributed by atoms with van der Waals surface area (Å²) in [5, 5.41) is 5.82. The molecule has 1 aromatic carbocycles. The highest BCUT2D eigenvalue weighted by atomic mass is 32.1. The van der Waals surface area contributed by atoms with Gasteiger partial charge in [-0.15, -0.1) is 11.3 Å². The molecule has 7 heteroatoms. The van der Waals surface area contributed by atoms with Crippen LogP contribution in [0.1, 0.15) is 23.0 Å². The number of benzene rings is 1. The minimum Gasteiger partial charge on any atom is -0.466 e. The van der Waals surface area contributed by atoms with Gasteiger partial charge in [0.05, 0.1) is 29.8 Å². The quantitative estimate of drug-likeness (QED) is 0.721. The lowest BCUT2D eigenvalue weighted by atomic mass is 10.1. The first-order valence-corrected chi connectivity index (χ1v) is 8.30. The van der Waals surface area contributed by atoms with Crippen molar-refractivity contribution in [2.45, 2.75) is 13.3 Å². The molecule has 0 unspecified atom stereocenters. The van der Waals surface area contributed by atoms with Gasteiger partial charge in [0.1, 0.15) is 0 Å². The molecule has 2 heterocycles. The number of pyridine rings is 1. The van der Waals surface area contributed by atoms with Gasteiger partial charge < -0.3 is 4.74 Å². The SMILES string of the molecule is CCOC(=O)Cc1csc(NC(=O)c2cccc3cccnc23)n1. The molecule has 0 atom stereocenters. The van der Waals surface area contributed by atoms with Crippen LogP contribution in [0.3, 0.4) is 0 Å². The Bertz CT molecular complexity index is 886. The molecular formula is C17H15N3O3S. The zero-order valence-corrected chi connectivity index (χ0v) is 13.8. The van der Waals surface area contributed by atoms with Crippen LogP contribution in [0.15, 0.2) is 41.9 Å². The molecule has 0 aliphatic rings. The topological polar surface area (TPSA) is 81.2 Å². The summed E-state index contributed by atoms with van der Waals surface area (Å²) in [6.45, 7) is 2.09. The van der Waals surface area contributed by atoms with Crippen LogP contribution in [0.25, 0.3) is 10.9 Å². The highest BCUT2D eigenvalue weighted by Gasteiger charge is 2.14. The van der Waals surface area contributed by atoms with E-state index in [2.05, 4.69) is 15.3 Å². The van der Waals surface area contributed by atoms with Gasteiger partial charge in [0.25, 0.3) is 5.91 Å². The van der Waals surface area contributed by atoms with E-state index in [9.17, 15) is 9.59 Å². The average Bonchev–Trinajstić information content (AvgIpc) is 3.01. The van der Waals surface area contributed by atoms with E-state index in [0.717, 1.165) is 5.39 Å². The molecule has 0 spiro atoms. The molecule has 0 saturated heterocycles. The van der Waals surface area contributed by atoms with E-state index in [1.165, 1.54) is 11.3 Å². The summed E-state index contributed by atoms with van der Waals surface area (Å²) in [4.78, 5) is 32.5. The van der Waals surface area contributed by atoms with Crippen molar-refractivity contribution in [2.24, 2.45) is 0 Å². The lowest BCUT2D eigenvalue weighted by Crippen LogP contribution is -2.13. The number of esters is 1. The summed E-state index contributed by atoms with van der Waals surface area (Å²) >= 11 is 1.27. The Morgan fingerprint density at radius 1 is 1.25 bits per heavy atom. The zero-order chi connectivity index (χ0) is 16.9. The third-order valence-corrected chi connectivity index (χ3v) is 4.09. The van der Waals surface area contributed by atoms with Crippen molar-refractivity contribution >= 4 is 39.2 Å². The van der Waals surface area contributed by atoms with Crippen LogP contribution in [0, 0.1) is 0 Å². The number of fused-ring (bicyclic) bond motifs is 1. The van der Waals surface area contributed by atoms with Crippen LogP contribution in [-0.2, 0) is 16.0 Å². The van der Waals surface area contributed by atoms with Crippen LogP contribution >= 0.6 is 11.3 Å². The maximum absolute atomic E-state index is 12.5. The van der Waals surface area contributed by atoms with Crippen LogP contribution in [0.4, 0.5) is 5.13 Å². The molecule has 122 valence electrons. The van der Waals surface area contributed by atoms with Crippen molar-refractivity contribution in [2.75, 3.05) is 11.9 Å². The number of rotatable bonds is 5. The first-order chi connectivity index (χ1) is 11.7. The van der Waals surface area contributed by atoms with Gasteiger partial charge in [-0.3, -0.25) is 19.9 Å². The fourth-order valence-corrected chi connectivity index (χ4v) is 2.96. The number of hydrogen-bond donors (Lipinski definition) is 1. The summed E-state index contributed by atoms with van der Waals surface area (Å²) in [7, 11) is 0. The Balaban J connectivity index is 1.75. The number of nitrogens with one attached hydrogen (secondary N) is 1. The van der Waals surface area contributed by atoms with Crippen molar-refractivity contribution in [3.8, 4) is 0 Å². The van der Waals surface area contributed by atoms with Crippen molar-refractivity contribution in [3.63, 3.8) is 0 Å². The third kappa shape index (κ3) is 3.57. The second kappa shape index (κ2) is 7.18. The second-order valence-corrected chi connectivity index (χ2v) is 5.82. The fraction of sp³-hybridized carbons (Fsp3) is 0.176. The summed E-state index contributed by atoms with van der Waals surface area (Å²) in [5.74, 6) is -0.615. The van der Waals surface area contributed by atoms with E-state index in [4.69, 9.17) is 4.74 Å². The lowest BCUT2D eigenvalue weighted by Gasteiger charge is -2.05. The summed E-state index contributed by atoms with van der Waals surface area (Å²) < 4.78 is 4.88. The summed E-state index contributed by atoms with van der Waals surface area (Å²) in [5.41, 5.74) is 1.70. The van der Waals surface area contributed by atoms with E-state index in [1.54, 1.807) is 24.6 Å². The lowest BCUT2D eigenvalue weighted by molar-refractivity contribution is -0.142. The minimum atomic E-state index is -0.334. The number of carbonyl (C=O) groups is 2. The van der Waals surface area contributed by atoms with Crippen molar-refractivity contribution in [1.29, 1.82) is 0 Å². The molecule has 3 rings (SSSR count). The number of para-hydroxylation sites is 1. The number of aromatic nitrogens is 2. The standard InChI is InChI=1S/C17H15N3O3S/c1-2-23-14(21)9-12-10-24-17(19-12)20-16(22)13-7-3-5-11-6-4-8-18-15(11)13/h3-8,10H,2,9H2,1H3,(H,19,20,22). The summed E-state index contributed by atoms with van der Waals surface area (Å²) in [6.07, 6.45) is 1.75. The highest BCUT2D eigenvalue weighted by molar-refractivity contribution is 7.14. The molecule has 24 heavy (non-hydrogen) atoms. The maximum Gasteiger partial charge on any atom is 0.311 e. The van der Waals surface area contributed by atoms with E-state index in [0.29, 0.717) is 28.5 Å². The van der Waals surface area contributed by atoms with Gasteiger partial charge in [0.15, 0.2) is 5.13 Å². The predicted molar refractivity (Wildman–Crippen MR) is 92.1 cm³/mol. The highest BCUT2D eigenvalue weighted by Crippen LogP contribution is 2.20. The largest absolute Gasteiger partial charge is 0.466 e. The van der Waals surface area contributed by atoms with E-state index in [1.807, 2.05) is 24.3 Å². The molecule has 6 nitrogen and oxygen atoms in total. The Hall–Kier alpha value is -2.80. The van der Waals surface area contributed by atoms with E-state index in [-0.39, 0.29) is 18.3 Å². The van der Waals surface area contributed by atoms with E-state index >= 15 is 0 Å². The molecule has 0 aliphatic carbocycles. The molecule has 0 saturated carbocycles. The molecule has 0 bridgehead atoms. The molecule has 3 aromatic rings. The van der Waals surface area contributed by atoms with Crippen molar-refractivity contribution in [1.82, 2.24) is 9.97 Å². The first-order valence-electron chi connectivity index (χ1n) is 7.42. The van der Waals surface area contributed by atoms with Gasteiger partial charge in [-0.1, -0.05) is 18.2 Å². The number of amides is 1. The number of hydrogen-bond acceptors (Lipinski definition) is 6. The average molecular weight is 341 g/mol. The van der Waals surface area contributed by atoms with Crippen LogP contribution < -0.4 is 5.32 Å². The smallest absolute Gasteiger partial charge is 0.311 e. The zero-order valence-electron chi connectivity index (χ0n) is 13.0. The molecule has 0 fully saturated rings. The van der Waals surface area contributed by atoms with Crippen LogP contribution in [-0.4, -0.2) is 28.5 Å². The van der Waals surface area contributed by atoms with Crippen molar-refractivity contribution in [3.05, 3.63) is 53.2 Å². The Morgan fingerprint density at radius 3 is 2.92 bits per heavy atom. The number of anilines is 1. The van der Waals surface area contributed by atoms with Gasteiger partial charge in [0, 0.05) is 17.0 Å². The Kier molecular flexibility index (Phi) is 4.81. The molecule has 1 amide bonds. The Morgan fingerprint density at radius 2 is 2.08 bits per heavy atom. The van der Waals surface area contributed by atoms with Crippen LogP contribution in [0.5, 0.6) is 0 Å². The number of thiazole rings is 1. The van der Waals surface area contributed by atoms with Crippen LogP contribution in [0.2, 0.25) is 0 Å². The number of carbonyl (C=O) groups excluding carboxylic acids is 2. The van der Waals surface area contributed by atoms with Gasteiger partial charge in [-0.25, -0.2) is 4.98 Å². The van der Waals surface area contributed by atoms with Gasteiger partial charge in [0.2, 0.25) is 0 Å². The van der Waals surface area contributed by atoms with E-state index < -0.39 is 0 Å². The molecule has 2 aromatic heterocycles. The maximum atomic E-state index is 12.5. The monoisotopic (exact) mass is 341 g/mol. The van der Waals surface area contributed by atoms with Gasteiger partial charge in [-0.2, -0.15) is 0 Å². The Labute approximate surface area is 142 Å². The fourth-order valence-electron chi connectivity index (χ4n) is 2.26. The first kappa shape index (κ1) is 16.1. The third-order valence-electron chi connectivity index (χ3n) is 3.28. The molecular weight excluding hydrogens is 326 g/mol. The van der Waals surface area contributed by atoms with Crippen molar-refractivity contribution < 1.29 is 14.3 Å². The molecule has 0 aliphatic heterocycles. The number of ether oxygens (including phenoxy) is 1. The van der Waals surface area contributed by atoms with Gasteiger partial charge >= 0.3 is 5.97 Å². The molecule has 1 N–H and O–H groups in total. The molecule has 0 radical (unpaired) electrons. The predicted octanol–water partition coefficient (Wildman–Crippen LogP) is 3.05. The second-order valence-electron chi connectivity index (χ2n) is 4.96. The summed E-state index contributed by atoms with van der Waals surface area (Å²) in [6, 6.07) is 9.16. The minimum absolute atomic E-state index is 0.0933.